The van der Waals surface area contributed by atoms with Gasteiger partial charge in [-0.25, -0.2) is 18.2 Å². The first-order chi connectivity index (χ1) is 22.9. The summed E-state index contributed by atoms with van der Waals surface area (Å²) in [5.41, 5.74) is 7.13. The van der Waals surface area contributed by atoms with Gasteiger partial charge in [-0.05, 0) is 96.5 Å². The van der Waals surface area contributed by atoms with Crippen LogP contribution in [0.2, 0.25) is 0 Å². The number of sulfonamides is 1. The van der Waals surface area contributed by atoms with Crippen molar-refractivity contribution >= 4 is 50.1 Å². The topological polar surface area (TPSA) is 106 Å². The lowest BCUT2D eigenvalue weighted by molar-refractivity contribution is -0.119. The molecule has 4 aromatic rings. The standard InChI is InChI=1S/C39H43N3O5S/c1-26-15-20-30(24-34(26)48(45,46)42-21-8-5-9-22-42)40-35(43)25-47-38(44)36-31-12-6-7-14-33(31)41-37-28(11-10-13-32(36)37)23-27-16-18-29(19-17-27)39(2,3)4/h6-7,12,14-20,23-24H,5,8-11,13,21-22,25H2,1-4H3,(H,40,43)/b28-23+. The van der Waals surface area contributed by atoms with Crippen LogP contribution in [0.3, 0.4) is 0 Å². The molecule has 0 atom stereocenters. The quantitative estimate of drug-likeness (QED) is 0.203. The number of piperidine rings is 1. The molecule has 2 aliphatic rings. The number of hydrogen-bond acceptors (Lipinski definition) is 6. The molecule has 1 aromatic heterocycles. The number of benzene rings is 3. The van der Waals surface area contributed by atoms with E-state index in [0.717, 1.165) is 54.5 Å². The summed E-state index contributed by atoms with van der Waals surface area (Å²) >= 11 is 0. The van der Waals surface area contributed by atoms with Gasteiger partial charge in [-0.15, -0.1) is 0 Å². The Labute approximate surface area is 283 Å². The summed E-state index contributed by atoms with van der Waals surface area (Å²) in [4.78, 5) is 31.9. The largest absolute Gasteiger partial charge is 0.452 e. The molecule has 48 heavy (non-hydrogen) atoms. The predicted octanol–water partition coefficient (Wildman–Crippen LogP) is 7.69. The third-order valence-corrected chi connectivity index (χ3v) is 11.3. The molecule has 0 unspecified atom stereocenters. The number of rotatable bonds is 7. The number of allylic oxidation sites excluding steroid dienone is 1. The molecule has 1 fully saturated rings. The molecule has 6 rings (SSSR count). The highest BCUT2D eigenvalue weighted by atomic mass is 32.2. The number of fused-ring (bicyclic) bond motifs is 2. The average Bonchev–Trinajstić information content (AvgIpc) is 3.07. The minimum Gasteiger partial charge on any atom is -0.452 e. The van der Waals surface area contributed by atoms with Crippen molar-refractivity contribution in [2.75, 3.05) is 25.0 Å². The number of nitrogens with zero attached hydrogens (tertiary/aromatic N) is 2. The van der Waals surface area contributed by atoms with Crippen molar-refractivity contribution in [2.45, 2.75) is 76.5 Å². The van der Waals surface area contributed by atoms with Crippen molar-refractivity contribution in [3.63, 3.8) is 0 Å². The van der Waals surface area contributed by atoms with Gasteiger partial charge in [-0.1, -0.05) is 75.7 Å². The van der Waals surface area contributed by atoms with E-state index in [1.165, 1.54) is 15.9 Å². The van der Waals surface area contributed by atoms with Crippen molar-refractivity contribution in [2.24, 2.45) is 0 Å². The van der Waals surface area contributed by atoms with Crippen molar-refractivity contribution in [1.82, 2.24) is 9.29 Å². The molecule has 3 aromatic carbocycles. The summed E-state index contributed by atoms with van der Waals surface area (Å²) in [5.74, 6) is -1.15. The van der Waals surface area contributed by atoms with Crippen molar-refractivity contribution in [3.8, 4) is 0 Å². The highest BCUT2D eigenvalue weighted by Gasteiger charge is 2.29. The number of aryl methyl sites for hydroxylation is 1. The van der Waals surface area contributed by atoms with Crippen molar-refractivity contribution in [3.05, 3.63) is 100 Å². The Balaban J connectivity index is 1.23. The van der Waals surface area contributed by atoms with E-state index in [9.17, 15) is 18.0 Å². The van der Waals surface area contributed by atoms with Crippen LogP contribution in [0.5, 0.6) is 0 Å². The highest BCUT2D eigenvalue weighted by Crippen LogP contribution is 2.37. The molecule has 1 aliphatic carbocycles. The van der Waals surface area contributed by atoms with E-state index in [-0.39, 0.29) is 10.3 Å². The zero-order valence-corrected chi connectivity index (χ0v) is 29.0. The van der Waals surface area contributed by atoms with Gasteiger partial charge >= 0.3 is 5.97 Å². The Kier molecular flexibility index (Phi) is 9.54. The van der Waals surface area contributed by atoms with E-state index in [0.29, 0.717) is 47.2 Å². The smallest absolute Gasteiger partial charge is 0.339 e. The van der Waals surface area contributed by atoms with Gasteiger partial charge in [-0.3, -0.25) is 4.79 Å². The van der Waals surface area contributed by atoms with Crippen LogP contribution in [0.1, 0.15) is 91.2 Å². The van der Waals surface area contributed by atoms with Crippen molar-refractivity contribution < 1.29 is 22.7 Å². The number of carbonyl (C=O) groups excluding carboxylic acids is 2. The molecule has 0 bridgehead atoms. The van der Waals surface area contributed by atoms with E-state index < -0.39 is 28.5 Å². The summed E-state index contributed by atoms with van der Waals surface area (Å²) in [6.45, 7) is 8.79. The highest BCUT2D eigenvalue weighted by molar-refractivity contribution is 7.89. The first-order valence-corrected chi connectivity index (χ1v) is 18.2. The Bertz CT molecular complexity index is 2000. The number of aromatic nitrogens is 1. The second kappa shape index (κ2) is 13.6. The number of anilines is 1. The number of nitrogens with one attached hydrogen (secondary N) is 1. The van der Waals surface area contributed by atoms with E-state index in [1.54, 1.807) is 19.1 Å². The summed E-state index contributed by atoms with van der Waals surface area (Å²) in [6.07, 6.45) is 7.19. The molecule has 2 heterocycles. The maximum Gasteiger partial charge on any atom is 0.339 e. The Morgan fingerprint density at radius 3 is 2.40 bits per heavy atom. The van der Waals surface area contributed by atoms with Gasteiger partial charge in [0, 0.05) is 24.2 Å². The van der Waals surface area contributed by atoms with Crippen LogP contribution in [0.25, 0.3) is 22.6 Å². The molecule has 1 N–H and O–H groups in total. The number of carbonyl (C=O) groups is 2. The molecule has 8 nitrogen and oxygen atoms in total. The monoisotopic (exact) mass is 665 g/mol. The second-order valence-corrected chi connectivity index (χ2v) is 15.7. The molecule has 250 valence electrons. The first-order valence-electron chi connectivity index (χ1n) is 16.7. The molecule has 1 aliphatic heterocycles. The summed E-state index contributed by atoms with van der Waals surface area (Å²) in [5, 5.41) is 3.40. The van der Waals surface area contributed by atoms with E-state index in [2.05, 4.69) is 56.4 Å². The van der Waals surface area contributed by atoms with Gasteiger partial charge in [0.05, 0.1) is 21.7 Å². The van der Waals surface area contributed by atoms with Crippen LogP contribution < -0.4 is 5.32 Å². The molecular formula is C39H43N3O5S. The van der Waals surface area contributed by atoms with Crippen LogP contribution in [0.4, 0.5) is 5.69 Å². The molecule has 0 saturated carbocycles. The van der Waals surface area contributed by atoms with Gasteiger partial charge < -0.3 is 10.1 Å². The SMILES string of the molecule is Cc1ccc(NC(=O)COC(=O)c2c3c(nc4ccccc24)/C(=C/c2ccc(C(C)(C)C)cc2)CCC3)cc1S(=O)(=O)N1CCCCC1. The fourth-order valence-electron chi connectivity index (χ4n) is 6.59. The third-order valence-electron chi connectivity index (χ3n) is 9.23. The van der Waals surface area contributed by atoms with Gasteiger partial charge in [0.2, 0.25) is 10.0 Å². The van der Waals surface area contributed by atoms with E-state index in [4.69, 9.17) is 9.72 Å². The number of esters is 1. The number of hydrogen-bond donors (Lipinski definition) is 1. The van der Waals surface area contributed by atoms with Crippen molar-refractivity contribution in [1.29, 1.82) is 0 Å². The molecule has 0 spiro atoms. The third kappa shape index (κ3) is 7.08. The number of ether oxygens (including phenoxy) is 1. The van der Waals surface area contributed by atoms with E-state index >= 15 is 0 Å². The number of pyridine rings is 1. The molecule has 1 saturated heterocycles. The number of amides is 1. The van der Waals surface area contributed by atoms with Crippen LogP contribution >= 0.6 is 0 Å². The minimum atomic E-state index is -3.69. The minimum absolute atomic E-state index is 0.0618. The molecule has 9 heteroatoms. The maximum absolute atomic E-state index is 13.8. The second-order valence-electron chi connectivity index (χ2n) is 13.8. The fourth-order valence-corrected chi connectivity index (χ4v) is 8.36. The Morgan fingerprint density at radius 1 is 0.938 bits per heavy atom. The zero-order valence-electron chi connectivity index (χ0n) is 28.1. The lowest BCUT2D eigenvalue weighted by Gasteiger charge is -2.26. The van der Waals surface area contributed by atoms with Crippen LogP contribution in [0, 0.1) is 6.92 Å². The maximum atomic E-state index is 13.8. The molecule has 0 radical (unpaired) electrons. The van der Waals surface area contributed by atoms with Crippen LogP contribution in [-0.2, 0) is 31.4 Å². The lowest BCUT2D eigenvalue weighted by Crippen LogP contribution is -2.36. The van der Waals surface area contributed by atoms with Gasteiger partial charge in [0.15, 0.2) is 6.61 Å². The van der Waals surface area contributed by atoms with Crippen LogP contribution in [0.15, 0.2) is 71.6 Å². The lowest BCUT2D eigenvalue weighted by atomic mass is 9.85. The molecule has 1 amide bonds. The van der Waals surface area contributed by atoms with Gasteiger partial charge in [0.25, 0.3) is 5.91 Å². The fraction of sp³-hybridized carbons (Fsp3) is 0.359. The summed E-state index contributed by atoms with van der Waals surface area (Å²) < 4.78 is 33.8. The van der Waals surface area contributed by atoms with Crippen LogP contribution in [-0.4, -0.2) is 49.3 Å². The van der Waals surface area contributed by atoms with E-state index in [1.807, 2.05) is 24.3 Å². The Morgan fingerprint density at radius 2 is 1.67 bits per heavy atom. The first kappa shape index (κ1) is 33.6. The van der Waals surface area contributed by atoms with Gasteiger partial charge in [-0.2, -0.15) is 4.31 Å². The normalized spacial score (nSPS) is 16.5. The zero-order chi connectivity index (χ0) is 34.1. The predicted molar refractivity (Wildman–Crippen MR) is 190 cm³/mol. The van der Waals surface area contributed by atoms with Gasteiger partial charge in [0.1, 0.15) is 0 Å². The summed E-state index contributed by atoms with van der Waals surface area (Å²) in [6, 6.07) is 20.9. The number of para-hydroxylation sites is 1. The Hall–Kier alpha value is -4.34. The summed E-state index contributed by atoms with van der Waals surface area (Å²) in [7, 11) is -3.69. The molecular weight excluding hydrogens is 623 g/mol. The average molecular weight is 666 g/mol.